The summed E-state index contributed by atoms with van der Waals surface area (Å²) in [6, 6.07) is 12.6. The smallest absolute Gasteiger partial charge is 0.248 e. The lowest BCUT2D eigenvalue weighted by atomic mass is 10.2. The molecule has 2 aromatic carbocycles. The highest BCUT2D eigenvalue weighted by Gasteiger charge is 2.12. The van der Waals surface area contributed by atoms with Crippen LogP contribution in [0.25, 0.3) is 6.08 Å². The average Bonchev–Trinajstić information content (AvgIpc) is 3.00. The maximum Gasteiger partial charge on any atom is 0.248 e. The lowest BCUT2D eigenvalue weighted by molar-refractivity contribution is -0.111. The second-order valence-electron chi connectivity index (χ2n) is 4.66. The first-order valence-corrected chi connectivity index (χ1v) is 6.70. The van der Waals surface area contributed by atoms with Gasteiger partial charge in [-0.25, -0.2) is 0 Å². The number of hydrogen-bond acceptors (Lipinski definition) is 3. The molecule has 0 aromatic heterocycles. The van der Waals surface area contributed by atoms with Gasteiger partial charge in [0.15, 0.2) is 11.5 Å². The van der Waals surface area contributed by atoms with Gasteiger partial charge < -0.3 is 14.8 Å². The molecule has 1 amide bonds. The first-order valence-electron chi connectivity index (χ1n) is 6.70. The molecule has 0 unspecified atom stereocenters. The number of carbonyl (C=O) groups is 1. The van der Waals surface area contributed by atoms with Crippen molar-refractivity contribution in [1.82, 2.24) is 0 Å². The summed E-state index contributed by atoms with van der Waals surface area (Å²) < 4.78 is 10.5. The van der Waals surface area contributed by atoms with Crippen LogP contribution in [0.15, 0.2) is 48.5 Å². The van der Waals surface area contributed by atoms with Gasteiger partial charge in [0.1, 0.15) is 0 Å². The molecule has 0 aliphatic carbocycles. The Bertz CT molecular complexity index is 787. The Labute approximate surface area is 128 Å². The summed E-state index contributed by atoms with van der Waals surface area (Å²) in [5, 5.41) is 2.76. The SMILES string of the molecule is C#Cc1cccc(NC(=O)/C=C/c2ccc3c(c2)OCO3)c1. The van der Waals surface area contributed by atoms with Gasteiger partial charge in [0, 0.05) is 17.3 Å². The molecule has 4 heteroatoms. The van der Waals surface area contributed by atoms with Crippen LogP contribution < -0.4 is 14.8 Å². The lowest BCUT2D eigenvalue weighted by Crippen LogP contribution is -2.07. The summed E-state index contributed by atoms with van der Waals surface area (Å²) in [6.07, 6.45) is 8.50. The molecule has 22 heavy (non-hydrogen) atoms. The minimum Gasteiger partial charge on any atom is -0.454 e. The highest BCUT2D eigenvalue weighted by atomic mass is 16.7. The van der Waals surface area contributed by atoms with Gasteiger partial charge in [-0.05, 0) is 42.0 Å². The zero-order valence-electron chi connectivity index (χ0n) is 11.7. The zero-order valence-corrected chi connectivity index (χ0v) is 11.7. The molecule has 1 N–H and O–H groups in total. The molecule has 1 heterocycles. The molecule has 0 spiro atoms. The molecule has 2 aromatic rings. The van der Waals surface area contributed by atoms with E-state index in [1.54, 1.807) is 30.3 Å². The van der Waals surface area contributed by atoms with Gasteiger partial charge in [0.25, 0.3) is 0 Å². The number of amides is 1. The van der Waals surface area contributed by atoms with Crippen LogP contribution in [-0.4, -0.2) is 12.7 Å². The van der Waals surface area contributed by atoms with Crippen molar-refractivity contribution >= 4 is 17.7 Å². The Morgan fingerprint density at radius 2 is 2.05 bits per heavy atom. The third-order valence-electron chi connectivity index (χ3n) is 3.12. The minimum atomic E-state index is -0.230. The Balaban J connectivity index is 1.67. The Kier molecular flexibility index (Phi) is 3.80. The van der Waals surface area contributed by atoms with Crippen LogP contribution in [-0.2, 0) is 4.79 Å². The fourth-order valence-electron chi connectivity index (χ4n) is 2.06. The van der Waals surface area contributed by atoms with E-state index in [-0.39, 0.29) is 12.7 Å². The number of terminal acetylenes is 1. The van der Waals surface area contributed by atoms with Crippen LogP contribution in [0.1, 0.15) is 11.1 Å². The van der Waals surface area contributed by atoms with E-state index < -0.39 is 0 Å². The fraction of sp³-hybridized carbons (Fsp3) is 0.0556. The number of rotatable bonds is 3. The number of anilines is 1. The Morgan fingerprint density at radius 3 is 2.91 bits per heavy atom. The predicted octanol–water partition coefficient (Wildman–Crippen LogP) is 3.05. The van der Waals surface area contributed by atoms with E-state index in [2.05, 4.69) is 11.2 Å². The molecule has 3 rings (SSSR count). The van der Waals surface area contributed by atoms with E-state index in [4.69, 9.17) is 15.9 Å². The van der Waals surface area contributed by atoms with Crippen molar-refractivity contribution in [3.8, 4) is 23.8 Å². The Morgan fingerprint density at radius 1 is 1.18 bits per heavy atom. The molecule has 0 atom stereocenters. The lowest BCUT2D eigenvalue weighted by Gasteiger charge is -2.02. The van der Waals surface area contributed by atoms with Gasteiger partial charge in [-0.3, -0.25) is 4.79 Å². The quantitative estimate of drug-likeness (QED) is 0.698. The largest absolute Gasteiger partial charge is 0.454 e. The van der Waals surface area contributed by atoms with Gasteiger partial charge in [-0.15, -0.1) is 6.42 Å². The van der Waals surface area contributed by atoms with Crippen molar-refractivity contribution in [2.24, 2.45) is 0 Å². The molecule has 0 saturated carbocycles. The van der Waals surface area contributed by atoms with Crippen molar-refractivity contribution in [3.63, 3.8) is 0 Å². The predicted molar refractivity (Wildman–Crippen MR) is 84.6 cm³/mol. The summed E-state index contributed by atoms with van der Waals surface area (Å²) in [5.74, 6) is 3.70. The van der Waals surface area contributed by atoms with Crippen LogP contribution in [0.4, 0.5) is 5.69 Å². The van der Waals surface area contributed by atoms with Crippen molar-refractivity contribution in [2.75, 3.05) is 12.1 Å². The average molecular weight is 291 g/mol. The number of ether oxygens (including phenoxy) is 2. The molecular formula is C18H13NO3. The molecule has 0 saturated heterocycles. The van der Waals surface area contributed by atoms with Gasteiger partial charge >= 0.3 is 0 Å². The third kappa shape index (κ3) is 3.10. The summed E-state index contributed by atoms with van der Waals surface area (Å²) in [4.78, 5) is 11.9. The maximum absolute atomic E-state index is 11.9. The second-order valence-corrected chi connectivity index (χ2v) is 4.66. The van der Waals surface area contributed by atoms with E-state index in [0.29, 0.717) is 17.2 Å². The van der Waals surface area contributed by atoms with Gasteiger partial charge in [0.05, 0.1) is 0 Å². The van der Waals surface area contributed by atoms with Crippen LogP contribution in [0.2, 0.25) is 0 Å². The third-order valence-corrected chi connectivity index (χ3v) is 3.12. The maximum atomic E-state index is 11.9. The molecule has 0 radical (unpaired) electrons. The van der Waals surface area contributed by atoms with Crippen LogP contribution in [0, 0.1) is 12.3 Å². The van der Waals surface area contributed by atoms with Crippen molar-refractivity contribution in [1.29, 1.82) is 0 Å². The Hall–Kier alpha value is -3.19. The normalized spacial score (nSPS) is 12.1. The highest BCUT2D eigenvalue weighted by Crippen LogP contribution is 2.32. The van der Waals surface area contributed by atoms with E-state index in [1.807, 2.05) is 18.2 Å². The molecule has 108 valence electrons. The van der Waals surface area contributed by atoms with E-state index in [0.717, 1.165) is 11.1 Å². The van der Waals surface area contributed by atoms with E-state index >= 15 is 0 Å². The zero-order chi connectivity index (χ0) is 15.4. The summed E-state index contributed by atoms with van der Waals surface area (Å²) in [6.45, 7) is 0.231. The number of benzene rings is 2. The topological polar surface area (TPSA) is 47.6 Å². The van der Waals surface area contributed by atoms with Crippen molar-refractivity contribution in [2.45, 2.75) is 0 Å². The van der Waals surface area contributed by atoms with Gasteiger partial charge in [-0.1, -0.05) is 18.1 Å². The molecule has 0 fully saturated rings. The second kappa shape index (κ2) is 6.06. The van der Waals surface area contributed by atoms with Crippen molar-refractivity contribution in [3.05, 3.63) is 59.7 Å². The molecule has 0 bridgehead atoms. The molecular weight excluding hydrogens is 278 g/mol. The first-order chi connectivity index (χ1) is 10.7. The summed E-state index contributed by atoms with van der Waals surface area (Å²) in [5.41, 5.74) is 2.24. The van der Waals surface area contributed by atoms with Gasteiger partial charge in [-0.2, -0.15) is 0 Å². The first kappa shape index (κ1) is 13.8. The number of carbonyl (C=O) groups excluding carboxylic acids is 1. The van der Waals surface area contributed by atoms with Crippen LogP contribution in [0.5, 0.6) is 11.5 Å². The number of nitrogens with one attached hydrogen (secondary N) is 1. The standard InChI is InChI=1S/C18H13NO3/c1-2-13-4-3-5-15(10-13)19-18(20)9-7-14-6-8-16-17(11-14)22-12-21-16/h1,3-11H,12H2,(H,19,20)/b9-7+. The fourth-order valence-corrected chi connectivity index (χ4v) is 2.06. The highest BCUT2D eigenvalue weighted by molar-refractivity contribution is 6.02. The van der Waals surface area contributed by atoms with E-state index in [1.165, 1.54) is 6.08 Å². The number of hydrogen-bond donors (Lipinski definition) is 1. The summed E-state index contributed by atoms with van der Waals surface area (Å²) in [7, 11) is 0. The minimum absolute atomic E-state index is 0.230. The van der Waals surface area contributed by atoms with Gasteiger partial charge in [0.2, 0.25) is 12.7 Å². The molecule has 1 aliphatic rings. The molecule has 1 aliphatic heterocycles. The number of fused-ring (bicyclic) bond motifs is 1. The van der Waals surface area contributed by atoms with Crippen molar-refractivity contribution < 1.29 is 14.3 Å². The van der Waals surface area contributed by atoms with Crippen LogP contribution >= 0.6 is 0 Å². The summed E-state index contributed by atoms with van der Waals surface area (Å²) >= 11 is 0. The van der Waals surface area contributed by atoms with Crippen LogP contribution in [0.3, 0.4) is 0 Å². The van der Waals surface area contributed by atoms with E-state index in [9.17, 15) is 4.79 Å². The monoisotopic (exact) mass is 291 g/mol. The molecule has 4 nitrogen and oxygen atoms in total.